The van der Waals surface area contributed by atoms with Crippen LogP contribution in [0.15, 0.2) is 224 Å². The second kappa shape index (κ2) is 14.9. The van der Waals surface area contributed by atoms with E-state index in [1.165, 1.54) is 21.5 Å². The van der Waals surface area contributed by atoms with Gasteiger partial charge in [0.15, 0.2) is 0 Å². The third-order valence-corrected chi connectivity index (χ3v) is 13.1. The molecule has 0 aliphatic heterocycles. The lowest BCUT2D eigenvalue weighted by molar-refractivity contribution is 0.477. The van der Waals surface area contributed by atoms with E-state index in [1.807, 2.05) is 36.4 Å². The molecule has 0 aliphatic rings. The summed E-state index contributed by atoms with van der Waals surface area (Å²) in [6, 6.07) is 77.7. The van der Waals surface area contributed by atoms with Crippen LogP contribution in [-0.2, 0) is 0 Å². The summed E-state index contributed by atoms with van der Waals surface area (Å²) >= 11 is 0. The third kappa shape index (κ3) is 5.89. The quantitative estimate of drug-likeness (QED) is 0.162. The van der Waals surface area contributed by atoms with Crippen LogP contribution in [0.5, 0.6) is 17.2 Å². The van der Waals surface area contributed by atoms with Gasteiger partial charge >= 0.3 is 0 Å². The van der Waals surface area contributed by atoms with Crippen LogP contribution in [0.25, 0.3) is 105 Å². The molecule has 0 bridgehead atoms. The molecule has 6 heteroatoms. The Labute approximate surface area is 381 Å². The number of aromatic hydroxyl groups is 1. The Hall–Kier alpha value is -8.74. The van der Waals surface area contributed by atoms with Gasteiger partial charge in [0.05, 0.1) is 44.5 Å². The van der Waals surface area contributed by atoms with Crippen molar-refractivity contribution in [3.63, 3.8) is 0 Å². The van der Waals surface area contributed by atoms with Crippen molar-refractivity contribution in [1.82, 2.24) is 13.7 Å². The first-order valence-electron chi connectivity index (χ1n) is 22.2. The smallest absolute Gasteiger partial charge is 0.130 e. The number of fused-ring (bicyclic) bond motifs is 9. The Kier molecular flexibility index (Phi) is 8.55. The number of para-hydroxylation sites is 7. The SMILES string of the molecule is [B]c1ccc(-c2ccccc2-n2c3ccccc3c3ccccc32)cc1Oc1cc(-c2ccccc2O)cc(-n2c3ccccc3c3ccc(-n4c5ccccc5c5ccccc54)cc32)c1. The Bertz CT molecular complexity index is 3970. The fourth-order valence-electron chi connectivity index (χ4n) is 10.2. The van der Waals surface area contributed by atoms with E-state index in [4.69, 9.17) is 12.6 Å². The molecular weight excluding hydrogens is 805 g/mol. The third-order valence-electron chi connectivity index (χ3n) is 13.1. The van der Waals surface area contributed by atoms with Crippen molar-refractivity contribution in [1.29, 1.82) is 0 Å². The Balaban J connectivity index is 0.989. The number of phenols is 1. The zero-order chi connectivity index (χ0) is 43.9. The fourth-order valence-corrected chi connectivity index (χ4v) is 10.2. The topological polar surface area (TPSA) is 44.2 Å². The summed E-state index contributed by atoms with van der Waals surface area (Å²) in [5, 5.41) is 18.4. The van der Waals surface area contributed by atoms with Crippen LogP contribution in [-0.4, -0.2) is 26.7 Å². The maximum Gasteiger partial charge on any atom is 0.130 e. The minimum Gasteiger partial charge on any atom is -0.507 e. The van der Waals surface area contributed by atoms with Crippen LogP contribution in [0.3, 0.4) is 0 Å². The van der Waals surface area contributed by atoms with Crippen LogP contribution in [0.4, 0.5) is 0 Å². The van der Waals surface area contributed by atoms with E-state index < -0.39 is 0 Å². The summed E-state index contributed by atoms with van der Waals surface area (Å²) in [6.45, 7) is 0. The van der Waals surface area contributed by atoms with Gasteiger partial charge in [-0.1, -0.05) is 151 Å². The van der Waals surface area contributed by atoms with E-state index in [2.05, 4.69) is 196 Å². The maximum absolute atomic E-state index is 11.3. The summed E-state index contributed by atoms with van der Waals surface area (Å²) in [5.41, 5.74) is 13.7. The molecule has 66 heavy (non-hydrogen) atoms. The van der Waals surface area contributed by atoms with Gasteiger partial charge in [0, 0.05) is 55.2 Å². The highest BCUT2D eigenvalue weighted by molar-refractivity contribution is 6.34. The molecule has 2 radical (unpaired) electrons. The Morgan fingerprint density at radius 3 is 1.42 bits per heavy atom. The van der Waals surface area contributed by atoms with Crippen molar-refractivity contribution in [3.05, 3.63) is 224 Å². The Morgan fingerprint density at radius 2 is 0.833 bits per heavy atom. The molecule has 0 amide bonds. The van der Waals surface area contributed by atoms with Gasteiger partial charge in [-0.3, -0.25) is 0 Å². The number of hydrogen-bond donors (Lipinski definition) is 1. The zero-order valence-corrected chi connectivity index (χ0v) is 35.6. The average Bonchev–Trinajstić information content (AvgIpc) is 4.00. The molecule has 10 aromatic carbocycles. The van der Waals surface area contributed by atoms with Crippen LogP contribution >= 0.6 is 0 Å². The number of ether oxygens (including phenoxy) is 1. The molecule has 0 spiro atoms. The van der Waals surface area contributed by atoms with Gasteiger partial charge in [-0.2, -0.15) is 0 Å². The molecule has 3 aromatic heterocycles. The second-order valence-corrected chi connectivity index (χ2v) is 16.9. The van der Waals surface area contributed by atoms with Gasteiger partial charge < -0.3 is 23.5 Å². The van der Waals surface area contributed by atoms with Crippen molar-refractivity contribution in [2.24, 2.45) is 0 Å². The van der Waals surface area contributed by atoms with E-state index in [0.717, 1.165) is 77.6 Å². The van der Waals surface area contributed by atoms with Crippen molar-refractivity contribution in [2.45, 2.75) is 0 Å². The molecule has 5 nitrogen and oxygen atoms in total. The lowest BCUT2D eigenvalue weighted by Crippen LogP contribution is -2.07. The Morgan fingerprint density at radius 1 is 0.348 bits per heavy atom. The summed E-state index contributed by atoms with van der Waals surface area (Å²) in [6.07, 6.45) is 0. The van der Waals surface area contributed by atoms with Crippen molar-refractivity contribution in [3.8, 4) is 56.6 Å². The van der Waals surface area contributed by atoms with Crippen molar-refractivity contribution >= 4 is 78.7 Å². The molecule has 0 saturated heterocycles. The van der Waals surface area contributed by atoms with Gasteiger partial charge in [-0.15, -0.1) is 0 Å². The molecule has 3 heterocycles. The van der Waals surface area contributed by atoms with Gasteiger partial charge in [-0.25, -0.2) is 0 Å². The summed E-state index contributed by atoms with van der Waals surface area (Å²) in [4.78, 5) is 0. The first-order chi connectivity index (χ1) is 32.6. The molecule has 308 valence electrons. The van der Waals surface area contributed by atoms with E-state index in [1.54, 1.807) is 6.07 Å². The highest BCUT2D eigenvalue weighted by Gasteiger charge is 2.20. The van der Waals surface area contributed by atoms with E-state index in [9.17, 15) is 5.11 Å². The summed E-state index contributed by atoms with van der Waals surface area (Å²) in [5.74, 6) is 1.29. The largest absolute Gasteiger partial charge is 0.507 e. The van der Waals surface area contributed by atoms with E-state index >= 15 is 0 Å². The van der Waals surface area contributed by atoms with Crippen LogP contribution in [0.2, 0.25) is 0 Å². The van der Waals surface area contributed by atoms with Crippen LogP contribution in [0, 0.1) is 0 Å². The van der Waals surface area contributed by atoms with Gasteiger partial charge in [0.2, 0.25) is 0 Å². The lowest BCUT2D eigenvalue weighted by atomic mass is 9.91. The second-order valence-electron chi connectivity index (χ2n) is 16.9. The summed E-state index contributed by atoms with van der Waals surface area (Å²) < 4.78 is 14.0. The lowest BCUT2D eigenvalue weighted by Gasteiger charge is -2.18. The number of benzene rings is 10. The standard InChI is InChI=1S/C60H38BN3O2/c61-51-32-29-38(43-15-1-8-22-52(43)64-56-26-12-5-19-47(56)48-20-6-13-27-57(48)64)35-60(51)66-42-34-39(44-16-7-14-28-59(44)65)33-41(36-42)63-55-25-11-4-21-49(55)50-31-30-40(37-58(50)63)62-53-23-9-2-17-45(53)46-18-3-10-24-54(46)62/h1-37,65H. The molecule has 0 aliphatic carbocycles. The van der Waals surface area contributed by atoms with Gasteiger partial charge in [-0.05, 0) is 83.9 Å². The number of rotatable bonds is 7. The van der Waals surface area contributed by atoms with Gasteiger partial charge in [0.1, 0.15) is 25.1 Å². The molecule has 13 aromatic rings. The monoisotopic (exact) mass is 843 g/mol. The maximum atomic E-state index is 11.3. The number of hydrogen-bond acceptors (Lipinski definition) is 2. The van der Waals surface area contributed by atoms with E-state index in [-0.39, 0.29) is 5.75 Å². The molecule has 13 rings (SSSR count). The molecule has 1 N–H and O–H groups in total. The predicted octanol–water partition coefficient (Wildman–Crippen LogP) is 14.6. The minimum absolute atomic E-state index is 0.180. The van der Waals surface area contributed by atoms with E-state index in [0.29, 0.717) is 22.5 Å². The fraction of sp³-hybridized carbons (Fsp3) is 0. The minimum atomic E-state index is 0.180. The van der Waals surface area contributed by atoms with Gasteiger partial charge in [0.25, 0.3) is 0 Å². The highest BCUT2D eigenvalue weighted by Crippen LogP contribution is 2.42. The normalized spacial score (nSPS) is 11.8. The average molecular weight is 844 g/mol. The highest BCUT2D eigenvalue weighted by atomic mass is 16.5. The molecule has 0 fully saturated rings. The number of aromatic nitrogens is 3. The summed E-state index contributed by atoms with van der Waals surface area (Å²) in [7, 11) is 6.82. The predicted molar refractivity (Wildman–Crippen MR) is 274 cm³/mol. The molecule has 0 saturated carbocycles. The molecular formula is C60H38BN3O2. The zero-order valence-electron chi connectivity index (χ0n) is 35.6. The first kappa shape index (κ1) is 37.8. The molecule has 0 unspecified atom stereocenters. The van der Waals surface area contributed by atoms with Crippen molar-refractivity contribution in [2.75, 3.05) is 0 Å². The first-order valence-corrected chi connectivity index (χ1v) is 22.2. The van der Waals surface area contributed by atoms with Crippen LogP contribution in [0.1, 0.15) is 0 Å². The number of nitrogens with zero attached hydrogens (tertiary/aromatic N) is 3. The van der Waals surface area contributed by atoms with Crippen molar-refractivity contribution < 1.29 is 9.84 Å². The number of phenolic OH excluding ortho intramolecular Hbond substituents is 1. The van der Waals surface area contributed by atoms with Crippen LogP contribution < -0.4 is 10.2 Å². The molecule has 0 atom stereocenters.